The first-order chi connectivity index (χ1) is 9.72. The normalized spacial score (nSPS) is 35.3. The first kappa shape index (κ1) is 14.3. The molecular formula is C15H26N2O3. The number of aliphatic carboxylic acids is 1. The summed E-state index contributed by atoms with van der Waals surface area (Å²) in [5.74, 6) is 0.114. The molecule has 3 heterocycles. The summed E-state index contributed by atoms with van der Waals surface area (Å²) in [6.45, 7) is 6.49. The number of hydrogen-bond donors (Lipinski definition) is 1. The van der Waals surface area contributed by atoms with E-state index in [9.17, 15) is 4.79 Å². The molecule has 0 aromatic rings. The fraction of sp³-hybridized carbons (Fsp3) is 0.933. The van der Waals surface area contributed by atoms with Gasteiger partial charge in [-0.15, -0.1) is 0 Å². The predicted molar refractivity (Wildman–Crippen MR) is 75.8 cm³/mol. The first-order valence-electron chi connectivity index (χ1n) is 8.02. The second kappa shape index (κ2) is 6.41. The van der Waals surface area contributed by atoms with Gasteiger partial charge in [-0.25, -0.2) is 0 Å². The molecule has 0 spiro atoms. The number of piperidine rings is 2. The van der Waals surface area contributed by atoms with Gasteiger partial charge in [-0.1, -0.05) is 0 Å². The number of fused-ring (bicyclic) bond motifs is 2. The second-order valence-corrected chi connectivity index (χ2v) is 6.46. The van der Waals surface area contributed by atoms with Crippen LogP contribution in [0.5, 0.6) is 0 Å². The molecule has 3 aliphatic rings. The minimum Gasteiger partial charge on any atom is -0.481 e. The van der Waals surface area contributed by atoms with E-state index in [-0.39, 0.29) is 12.5 Å². The third-order valence-corrected chi connectivity index (χ3v) is 5.21. The van der Waals surface area contributed by atoms with Crippen molar-refractivity contribution in [2.24, 2.45) is 5.92 Å². The fourth-order valence-electron chi connectivity index (χ4n) is 4.10. The van der Waals surface area contributed by atoms with Crippen LogP contribution in [0.1, 0.15) is 32.1 Å². The number of carboxylic acid groups (broad SMARTS) is 1. The summed E-state index contributed by atoms with van der Waals surface area (Å²) in [4.78, 5) is 15.8. The zero-order chi connectivity index (χ0) is 13.9. The van der Waals surface area contributed by atoms with Crippen LogP contribution in [0.25, 0.3) is 0 Å². The topological polar surface area (TPSA) is 53.0 Å². The van der Waals surface area contributed by atoms with E-state index in [1.54, 1.807) is 0 Å². The number of nitrogens with zero attached hydrogens (tertiary/aromatic N) is 2. The first-order valence-corrected chi connectivity index (χ1v) is 8.02. The van der Waals surface area contributed by atoms with Crippen LogP contribution in [-0.2, 0) is 9.53 Å². The van der Waals surface area contributed by atoms with Crippen molar-refractivity contribution in [3.63, 3.8) is 0 Å². The third kappa shape index (κ3) is 3.32. The van der Waals surface area contributed by atoms with Gasteiger partial charge in [0.1, 0.15) is 0 Å². The zero-order valence-electron chi connectivity index (χ0n) is 12.2. The fourth-order valence-corrected chi connectivity index (χ4v) is 4.10. The van der Waals surface area contributed by atoms with Gasteiger partial charge in [-0.05, 0) is 44.7 Å². The largest absolute Gasteiger partial charge is 0.481 e. The summed E-state index contributed by atoms with van der Waals surface area (Å²) < 4.78 is 5.68. The molecule has 0 aromatic carbocycles. The Labute approximate surface area is 120 Å². The minimum absolute atomic E-state index is 0.126. The van der Waals surface area contributed by atoms with Gasteiger partial charge in [0.2, 0.25) is 0 Å². The van der Waals surface area contributed by atoms with Crippen LogP contribution < -0.4 is 0 Å². The maximum atomic E-state index is 10.5. The van der Waals surface area contributed by atoms with Gasteiger partial charge in [-0.3, -0.25) is 9.69 Å². The lowest BCUT2D eigenvalue weighted by molar-refractivity contribution is -0.139. The number of carbonyl (C=O) groups is 1. The Kier molecular flexibility index (Phi) is 4.58. The van der Waals surface area contributed by atoms with E-state index in [1.165, 1.54) is 32.5 Å². The summed E-state index contributed by atoms with van der Waals surface area (Å²) in [5.41, 5.74) is 0. The zero-order valence-corrected chi connectivity index (χ0v) is 12.2. The van der Waals surface area contributed by atoms with Crippen molar-refractivity contribution in [3.8, 4) is 0 Å². The van der Waals surface area contributed by atoms with Crippen molar-refractivity contribution in [1.82, 2.24) is 9.80 Å². The Balaban J connectivity index is 1.41. The van der Waals surface area contributed by atoms with Crippen molar-refractivity contribution in [3.05, 3.63) is 0 Å². The van der Waals surface area contributed by atoms with Gasteiger partial charge in [0.25, 0.3) is 0 Å². The van der Waals surface area contributed by atoms with Crippen LogP contribution in [0, 0.1) is 5.92 Å². The van der Waals surface area contributed by atoms with Crippen LogP contribution in [0.2, 0.25) is 0 Å². The van der Waals surface area contributed by atoms with Crippen molar-refractivity contribution in [1.29, 1.82) is 0 Å². The van der Waals surface area contributed by atoms with Gasteiger partial charge in [-0.2, -0.15) is 0 Å². The highest BCUT2D eigenvalue weighted by Gasteiger charge is 2.38. The van der Waals surface area contributed by atoms with E-state index >= 15 is 0 Å². The molecule has 5 nitrogen and oxygen atoms in total. The molecule has 3 fully saturated rings. The molecule has 114 valence electrons. The average molecular weight is 282 g/mol. The SMILES string of the molecule is O=C(O)CCOC1CCN(C2CCN3CCC2C3)CC1. The molecule has 20 heavy (non-hydrogen) atoms. The standard InChI is InChI=1S/C15H26N2O3/c18-15(19)5-10-20-13-2-8-17(9-3-13)14-4-7-16-6-1-12(14)11-16/h12-14H,1-11H2,(H,18,19). The highest BCUT2D eigenvalue weighted by molar-refractivity contribution is 5.66. The van der Waals surface area contributed by atoms with Gasteiger partial charge in [0.15, 0.2) is 0 Å². The van der Waals surface area contributed by atoms with Gasteiger partial charge >= 0.3 is 5.97 Å². The van der Waals surface area contributed by atoms with E-state index in [4.69, 9.17) is 9.84 Å². The smallest absolute Gasteiger partial charge is 0.305 e. The van der Waals surface area contributed by atoms with Crippen molar-refractivity contribution < 1.29 is 14.6 Å². The van der Waals surface area contributed by atoms with Crippen LogP contribution in [-0.4, -0.2) is 72.4 Å². The monoisotopic (exact) mass is 282 g/mol. The maximum Gasteiger partial charge on any atom is 0.305 e. The molecule has 0 aromatic heterocycles. The summed E-state index contributed by atoms with van der Waals surface area (Å²) in [6, 6.07) is 0.786. The van der Waals surface area contributed by atoms with E-state index < -0.39 is 5.97 Å². The van der Waals surface area contributed by atoms with Crippen LogP contribution in [0.4, 0.5) is 0 Å². The summed E-state index contributed by atoms with van der Waals surface area (Å²) >= 11 is 0. The molecule has 5 heteroatoms. The molecule has 0 aliphatic carbocycles. The lowest BCUT2D eigenvalue weighted by Crippen LogP contribution is -2.50. The van der Waals surface area contributed by atoms with E-state index in [1.807, 2.05) is 0 Å². The van der Waals surface area contributed by atoms with Gasteiger partial charge < -0.3 is 14.7 Å². The van der Waals surface area contributed by atoms with Crippen LogP contribution >= 0.6 is 0 Å². The van der Waals surface area contributed by atoms with E-state index in [0.717, 1.165) is 37.9 Å². The average Bonchev–Trinajstić information content (AvgIpc) is 2.81. The molecule has 1 N–H and O–H groups in total. The molecule has 0 saturated carbocycles. The number of ether oxygens (including phenoxy) is 1. The number of hydrogen-bond acceptors (Lipinski definition) is 4. The Bertz CT molecular complexity index is 342. The Morgan fingerprint density at radius 1 is 1.10 bits per heavy atom. The maximum absolute atomic E-state index is 10.5. The van der Waals surface area contributed by atoms with Gasteiger partial charge in [0.05, 0.1) is 19.1 Å². The molecule has 3 aliphatic heterocycles. The highest BCUT2D eigenvalue weighted by atomic mass is 16.5. The van der Waals surface area contributed by atoms with Crippen LogP contribution in [0.15, 0.2) is 0 Å². The van der Waals surface area contributed by atoms with Crippen LogP contribution in [0.3, 0.4) is 0 Å². The molecule has 0 amide bonds. The highest BCUT2D eigenvalue weighted by Crippen LogP contribution is 2.32. The molecule has 3 rings (SSSR count). The molecule has 0 radical (unpaired) electrons. The molecule has 2 bridgehead atoms. The Morgan fingerprint density at radius 2 is 1.85 bits per heavy atom. The summed E-state index contributed by atoms with van der Waals surface area (Å²) in [6.07, 6.45) is 5.23. The van der Waals surface area contributed by atoms with Gasteiger partial charge in [0, 0.05) is 25.7 Å². The second-order valence-electron chi connectivity index (χ2n) is 6.46. The van der Waals surface area contributed by atoms with Crippen molar-refractivity contribution >= 4 is 5.97 Å². The Morgan fingerprint density at radius 3 is 2.60 bits per heavy atom. The molecular weight excluding hydrogens is 256 g/mol. The number of rotatable bonds is 5. The van der Waals surface area contributed by atoms with Crippen molar-refractivity contribution in [2.45, 2.75) is 44.2 Å². The summed E-state index contributed by atoms with van der Waals surface area (Å²) in [5, 5.41) is 8.62. The quantitative estimate of drug-likeness (QED) is 0.816. The molecule has 3 atom stereocenters. The molecule has 3 unspecified atom stereocenters. The predicted octanol–water partition coefficient (Wildman–Crippen LogP) is 1.04. The number of carboxylic acids is 1. The Hall–Kier alpha value is -0.650. The lowest BCUT2D eigenvalue weighted by Gasteiger charge is -2.42. The van der Waals surface area contributed by atoms with Crippen molar-refractivity contribution in [2.75, 3.05) is 39.3 Å². The van der Waals surface area contributed by atoms with E-state index in [0.29, 0.717) is 6.61 Å². The summed E-state index contributed by atoms with van der Waals surface area (Å²) in [7, 11) is 0. The van der Waals surface area contributed by atoms with E-state index in [2.05, 4.69) is 9.80 Å². The number of likely N-dealkylation sites (tertiary alicyclic amines) is 1. The lowest BCUT2D eigenvalue weighted by atomic mass is 9.91. The third-order valence-electron chi connectivity index (χ3n) is 5.21. The minimum atomic E-state index is -0.768. The molecule has 3 saturated heterocycles.